The zero-order chi connectivity index (χ0) is 21.0. The molecule has 0 spiro atoms. The molecule has 3 heterocycles. The van der Waals surface area contributed by atoms with Crippen LogP contribution < -0.4 is 15.5 Å². The van der Waals surface area contributed by atoms with Crippen molar-refractivity contribution in [2.75, 3.05) is 57.8 Å². The summed E-state index contributed by atoms with van der Waals surface area (Å²) in [5.74, 6) is 2.72. The van der Waals surface area contributed by atoms with E-state index in [4.69, 9.17) is 14.1 Å². The van der Waals surface area contributed by atoms with Gasteiger partial charge in [-0.3, -0.25) is 0 Å². The molecule has 2 aromatic heterocycles. The number of rotatable bonds is 10. The Labute approximate surface area is 179 Å². The number of piperazine rings is 1. The molecule has 0 unspecified atom stereocenters. The van der Waals surface area contributed by atoms with Gasteiger partial charge in [-0.1, -0.05) is 6.07 Å². The number of furan rings is 1. The van der Waals surface area contributed by atoms with E-state index in [2.05, 4.69) is 45.5 Å². The average Bonchev–Trinajstić information content (AvgIpc) is 3.29. The molecule has 3 rings (SSSR count). The molecule has 8 heteroatoms. The first kappa shape index (κ1) is 22.1. The minimum atomic E-state index is 0.511. The molecule has 0 amide bonds. The van der Waals surface area contributed by atoms with Crippen LogP contribution in [-0.2, 0) is 17.9 Å². The molecule has 1 aliphatic heterocycles. The minimum absolute atomic E-state index is 0.511. The highest BCUT2D eigenvalue weighted by Crippen LogP contribution is 2.19. The summed E-state index contributed by atoms with van der Waals surface area (Å²) < 4.78 is 10.9. The van der Waals surface area contributed by atoms with E-state index < -0.39 is 0 Å². The molecule has 2 N–H and O–H groups in total. The van der Waals surface area contributed by atoms with Gasteiger partial charge in [-0.25, -0.2) is 9.98 Å². The monoisotopic (exact) mass is 414 g/mol. The number of anilines is 1. The van der Waals surface area contributed by atoms with Gasteiger partial charge in [-0.15, -0.1) is 0 Å². The second-order valence-corrected chi connectivity index (χ2v) is 7.38. The Kier molecular flexibility index (Phi) is 8.99. The van der Waals surface area contributed by atoms with E-state index in [0.29, 0.717) is 19.8 Å². The van der Waals surface area contributed by atoms with Gasteiger partial charge in [0, 0.05) is 57.6 Å². The number of guanidine groups is 1. The van der Waals surface area contributed by atoms with Crippen molar-refractivity contribution >= 4 is 11.8 Å². The third-order valence-corrected chi connectivity index (χ3v) is 5.00. The number of nitrogens with zero attached hydrogens (tertiary/aromatic N) is 4. The molecule has 0 aliphatic carbocycles. The van der Waals surface area contributed by atoms with Crippen molar-refractivity contribution in [3.63, 3.8) is 0 Å². The highest BCUT2D eigenvalue weighted by atomic mass is 16.5. The summed E-state index contributed by atoms with van der Waals surface area (Å²) in [6, 6.07) is 7.90. The highest BCUT2D eigenvalue weighted by molar-refractivity contribution is 5.79. The lowest BCUT2D eigenvalue weighted by molar-refractivity contribution is 0.105. The van der Waals surface area contributed by atoms with Gasteiger partial charge in [0.2, 0.25) is 0 Å². The molecule has 1 aliphatic rings. The molecule has 0 radical (unpaired) electrons. The van der Waals surface area contributed by atoms with E-state index in [1.54, 1.807) is 6.26 Å². The molecule has 1 fully saturated rings. The normalized spacial score (nSPS) is 15.4. The van der Waals surface area contributed by atoms with Crippen molar-refractivity contribution in [3.05, 3.63) is 48.0 Å². The van der Waals surface area contributed by atoms with Crippen molar-refractivity contribution in [1.29, 1.82) is 0 Å². The zero-order valence-corrected chi connectivity index (χ0v) is 18.1. The molecule has 30 heavy (non-hydrogen) atoms. The maximum absolute atomic E-state index is 5.63. The summed E-state index contributed by atoms with van der Waals surface area (Å²) in [6.45, 7) is 9.59. The summed E-state index contributed by atoms with van der Waals surface area (Å²) in [4.78, 5) is 14.1. The van der Waals surface area contributed by atoms with Crippen molar-refractivity contribution < 1.29 is 9.15 Å². The van der Waals surface area contributed by atoms with Crippen LogP contribution in [0.3, 0.4) is 0 Å². The van der Waals surface area contributed by atoms with Gasteiger partial charge in [-0.2, -0.15) is 0 Å². The van der Waals surface area contributed by atoms with E-state index in [1.165, 1.54) is 0 Å². The Morgan fingerprint density at radius 3 is 2.83 bits per heavy atom. The van der Waals surface area contributed by atoms with Crippen LogP contribution in [0.4, 0.5) is 5.82 Å². The van der Waals surface area contributed by atoms with Gasteiger partial charge in [0.1, 0.15) is 18.2 Å². The van der Waals surface area contributed by atoms with Gasteiger partial charge in [0.25, 0.3) is 0 Å². The number of nitrogens with one attached hydrogen (secondary N) is 2. The maximum Gasteiger partial charge on any atom is 0.191 e. The predicted molar refractivity (Wildman–Crippen MR) is 120 cm³/mol. The van der Waals surface area contributed by atoms with Crippen LogP contribution in [-0.4, -0.2) is 68.8 Å². The Bertz CT molecular complexity index is 757. The zero-order valence-electron chi connectivity index (χ0n) is 18.1. The lowest BCUT2D eigenvalue weighted by atomic mass is 10.2. The van der Waals surface area contributed by atoms with E-state index >= 15 is 0 Å². The number of aromatic nitrogens is 1. The standard InChI is InChI=1S/C22H34N6O2/c1-3-23-22(25-10-6-15-29-18-20-8-5-16-30-20)26-17-19-7-4-9-24-21(19)28-13-11-27(2)12-14-28/h4-5,7-9,16H,3,6,10-15,17-18H2,1-2H3,(H2,23,25,26). The van der Waals surface area contributed by atoms with Crippen LogP contribution in [0.15, 0.2) is 46.1 Å². The summed E-state index contributed by atoms with van der Waals surface area (Å²) in [5, 5.41) is 6.70. The predicted octanol–water partition coefficient (Wildman–Crippen LogP) is 2.09. The Balaban J connectivity index is 1.47. The maximum atomic E-state index is 5.63. The number of likely N-dealkylation sites (N-methyl/N-ethyl adjacent to an activating group) is 1. The third-order valence-electron chi connectivity index (χ3n) is 5.00. The fraction of sp³-hybridized carbons (Fsp3) is 0.545. The summed E-state index contributed by atoms with van der Waals surface area (Å²) >= 11 is 0. The summed E-state index contributed by atoms with van der Waals surface area (Å²) in [6.07, 6.45) is 4.43. The van der Waals surface area contributed by atoms with Crippen molar-refractivity contribution in [2.45, 2.75) is 26.5 Å². The van der Waals surface area contributed by atoms with E-state index in [9.17, 15) is 0 Å². The fourth-order valence-electron chi connectivity index (χ4n) is 3.31. The first-order valence-corrected chi connectivity index (χ1v) is 10.8. The van der Waals surface area contributed by atoms with Crippen LogP contribution >= 0.6 is 0 Å². The highest BCUT2D eigenvalue weighted by Gasteiger charge is 2.17. The lowest BCUT2D eigenvalue weighted by Crippen LogP contribution is -2.45. The number of hydrogen-bond donors (Lipinski definition) is 2. The Morgan fingerprint density at radius 2 is 2.07 bits per heavy atom. The van der Waals surface area contributed by atoms with Crippen LogP contribution in [0.5, 0.6) is 0 Å². The largest absolute Gasteiger partial charge is 0.467 e. The average molecular weight is 415 g/mol. The molecule has 0 atom stereocenters. The van der Waals surface area contributed by atoms with Crippen molar-refractivity contribution in [3.8, 4) is 0 Å². The first-order chi connectivity index (χ1) is 14.8. The van der Waals surface area contributed by atoms with Gasteiger partial charge in [-0.05, 0) is 38.6 Å². The van der Waals surface area contributed by atoms with Crippen LogP contribution in [0.1, 0.15) is 24.7 Å². The Hall–Kier alpha value is -2.58. The molecule has 0 saturated carbocycles. The molecule has 2 aromatic rings. The molecular weight excluding hydrogens is 380 g/mol. The van der Waals surface area contributed by atoms with E-state index in [1.807, 2.05) is 24.4 Å². The van der Waals surface area contributed by atoms with Crippen LogP contribution in [0.25, 0.3) is 0 Å². The first-order valence-electron chi connectivity index (χ1n) is 10.8. The molecule has 8 nitrogen and oxygen atoms in total. The van der Waals surface area contributed by atoms with Gasteiger partial charge < -0.3 is 29.6 Å². The van der Waals surface area contributed by atoms with Gasteiger partial charge in [0.15, 0.2) is 5.96 Å². The van der Waals surface area contributed by atoms with Crippen LogP contribution in [0.2, 0.25) is 0 Å². The smallest absolute Gasteiger partial charge is 0.191 e. The van der Waals surface area contributed by atoms with Crippen molar-refractivity contribution in [1.82, 2.24) is 20.5 Å². The van der Waals surface area contributed by atoms with E-state index in [-0.39, 0.29) is 0 Å². The fourth-order valence-corrected chi connectivity index (χ4v) is 3.31. The lowest BCUT2D eigenvalue weighted by Gasteiger charge is -2.34. The topological polar surface area (TPSA) is 78.2 Å². The Morgan fingerprint density at radius 1 is 1.20 bits per heavy atom. The molecule has 1 saturated heterocycles. The SMILES string of the molecule is CCNC(=NCc1cccnc1N1CCN(C)CC1)NCCCOCc1ccco1. The molecular formula is C22H34N6O2. The number of pyridine rings is 1. The molecule has 164 valence electrons. The number of aliphatic imine (C=N–C) groups is 1. The van der Waals surface area contributed by atoms with E-state index in [0.717, 1.165) is 68.8 Å². The molecule has 0 bridgehead atoms. The quantitative estimate of drug-likeness (QED) is 0.350. The van der Waals surface area contributed by atoms with Crippen molar-refractivity contribution in [2.24, 2.45) is 4.99 Å². The second-order valence-electron chi connectivity index (χ2n) is 7.38. The third kappa shape index (κ3) is 7.03. The van der Waals surface area contributed by atoms with Gasteiger partial charge >= 0.3 is 0 Å². The number of ether oxygens (including phenoxy) is 1. The number of hydrogen-bond acceptors (Lipinski definition) is 6. The second kappa shape index (κ2) is 12.2. The summed E-state index contributed by atoms with van der Waals surface area (Å²) in [5.41, 5.74) is 1.15. The summed E-state index contributed by atoms with van der Waals surface area (Å²) in [7, 11) is 2.16. The minimum Gasteiger partial charge on any atom is -0.467 e. The van der Waals surface area contributed by atoms with Crippen LogP contribution in [0, 0.1) is 0 Å². The molecule has 0 aromatic carbocycles. The van der Waals surface area contributed by atoms with Gasteiger partial charge in [0.05, 0.1) is 12.8 Å².